The quantitative estimate of drug-likeness (QED) is 0.727. The molecule has 0 bridgehead atoms. The number of ether oxygens (including phenoxy) is 1. The van der Waals surface area contributed by atoms with Gasteiger partial charge in [0.05, 0.1) is 13.2 Å². The molecule has 6 heteroatoms. The first-order valence-corrected chi connectivity index (χ1v) is 5.03. The molecule has 0 spiro atoms. The monoisotopic (exact) mass is 242 g/mol. The molecule has 3 N–H and O–H groups in total. The Bertz CT molecular complexity index is 398. The van der Waals surface area contributed by atoms with Gasteiger partial charge in [0.15, 0.2) is 0 Å². The molecule has 0 saturated heterocycles. The zero-order valence-electron chi connectivity index (χ0n) is 9.70. The van der Waals surface area contributed by atoms with E-state index in [1.54, 1.807) is 19.1 Å². The Balaban J connectivity index is 2.62. The predicted octanol–water partition coefficient (Wildman–Crippen LogP) is 0.902. The van der Waals surface area contributed by atoms with Crippen molar-refractivity contribution in [2.75, 3.05) is 13.7 Å². The number of rotatable bonds is 6. The number of hydrogen-bond acceptors (Lipinski definition) is 4. The fourth-order valence-electron chi connectivity index (χ4n) is 1.29. The third-order valence-electron chi connectivity index (χ3n) is 2.15. The summed E-state index contributed by atoms with van der Waals surface area (Å²) in [6.45, 7) is 1.44. The Hall–Kier alpha value is -1.66. The van der Waals surface area contributed by atoms with Gasteiger partial charge in [0.1, 0.15) is 18.2 Å². The van der Waals surface area contributed by atoms with E-state index in [4.69, 9.17) is 15.3 Å². The van der Waals surface area contributed by atoms with E-state index in [-0.39, 0.29) is 6.61 Å². The lowest BCUT2D eigenvalue weighted by atomic mass is 10.1. The molecule has 5 nitrogen and oxygen atoms in total. The first kappa shape index (κ1) is 13.4. The fourth-order valence-corrected chi connectivity index (χ4v) is 1.29. The van der Waals surface area contributed by atoms with Crippen LogP contribution in [0.15, 0.2) is 18.2 Å². The Kier molecular flexibility index (Phi) is 4.86. The smallest absolute Gasteiger partial charge is 0.245 e. The average molecular weight is 242 g/mol. The second kappa shape index (κ2) is 6.17. The molecule has 1 amide bonds. The van der Waals surface area contributed by atoms with Crippen molar-refractivity contribution in [1.29, 1.82) is 0 Å². The van der Waals surface area contributed by atoms with Crippen molar-refractivity contribution in [2.24, 2.45) is 5.73 Å². The highest BCUT2D eigenvalue weighted by Gasteiger charge is 2.11. The standard InChI is InChI=1S/C11H15FN2O3/c1-7(14-17-6-11(13)15)9-4-3-8(16-2)5-10(9)12/h3-5,7,14H,6H2,1-2H3,(H2,13,15). The van der Waals surface area contributed by atoms with Crippen LogP contribution in [0.25, 0.3) is 0 Å². The van der Waals surface area contributed by atoms with E-state index in [0.29, 0.717) is 11.3 Å². The van der Waals surface area contributed by atoms with Gasteiger partial charge in [-0.1, -0.05) is 6.07 Å². The topological polar surface area (TPSA) is 73.6 Å². The van der Waals surface area contributed by atoms with Crippen LogP contribution in [0.4, 0.5) is 4.39 Å². The molecule has 1 rings (SSSR count). The molecule has 0 saturated carbocycles. The predicted molar refractivity (Wildman–Crippen MR) is 59.6 cm³/mol. The minimum atomic E-state index is -0.597. The molecule has 0 aliphatic rings. The van der Waals surface area contributed by atoms with Gasteiger partial charge < -0.3 is 10.5 Å². The summed E-state index contributed by atoms with van der Waals surface area (Å²) in [6.07, 6.45) is 0. The summed E-state index contributed by atoms with van der Waals surface area (Å²) in [4.78, 5) is 15.2. The number of amides is 1. The Morgan fingerprint density at radius 3 is 2.82 bits per heavy atom. The molecular formula is C11H15FN2O3. The number of primary amides is 1. The number of nitrogens with two attached hydrogens (primary N) is 1. The average Bonchev–Trinajstić information content (AvgIpc) is 2.28. The zero-order chi connectivity index (χ0) is 12.8. The van der Waals surface area contributed by atoms with E-state index in [2.05, 4.69) is 5.48 Å². The SMILES string of the molecule is COc1ccc(C(C)NOCC(N)=O)c(F)c1. The number of carbonyl (C=O) groups excluding carboxylic acids is 1. The third kappa shape index (κ3) is 4.01. The van der Waals surface area contributed by atoms with Crippen molar-refractivity contribution in [2.45, 2.75) is 13.0 Å². The lowest BCUT2D eigenvalue weighted by Crippen LogP contribution is -2.27. The van der Waals surface area contributed by atoms with Gasteiger partial charge in [-0.2, -0.15) is 5.48 Å². The number of hydrogen-bond donors (Lipinski definition) is 2. The summed E-state index contributed by atoms with van der Waals surface area (Å²) in [5.74, 6) is -0.566. The van der Waals surface area contributed by atoms with Crippen LogP contribution in [0.2, 0.25) is 0 Å². The Labute approximate surface area is 98.7 Å². The minimum Gasteiger partial charge on any atom is -0.497 e. The van der Waals surface area contributed by atoms with Gasteiger partial charge in [-0.05, 0) is 13.0 Å². The van der Waals surface area contributed by atoms with Crippen LogP contribution in [0.3, 0.4) is 0 Å². The van der Waals surface area contributed by atoms with Crippen molar-refractivity contribution in [1.82, 2.24) is 5.48 Å². The molecule has 17 heavy (non-hydrogen) atoms. The lowest BCUT2D eigenvalue weighted by molar-refractivity contribution is -0.126. The molecule has 0 aliphatic carbocycles. The van der Waals surface area contributed by atoms with Crippen molar-refractivity contribution < 1.29 is 18.8 Å². The normalized spacial score (nSPS) is 12.2. The van der Waals surface area contributed by atoms with Crippen LogP contribution in [-0.2, 0) is 9.63 Å². The van der Waals surface area contributed by atoms with Crippen molar-refractivity contribution in [3.63, 3.8) is 0 Å². The van der Waals surface area contributed by atoms with Gasteiger partial charge >= 0.3 is 0 Å². The van der Waals surface area contributed by atoms with Crippen LogP contribution < -0.4 is 16.0 Å². The number of methoxy groups -OCH3 is 1. The molecule has 1 atom stereocenters. The number of nitrogens with one attached hydrogen (secondary N) is 1. The minimum absolute atomic E-state index is 0.262. The number of carbonyl (C=O) groups is 1. The third-order valence-corrected chi connectivity index (χ3v) is 2.15. The highest BCUT2D eigenvalue weighted by Crippen LogP contribution is 2.21. The maximum atomic E-state index is 13.6. The van der Waals surface area contributed by atoms with Gasteiger partial charge in [0.2, 0.25) is 5.91 Å². The number of halogens is 1. The van der Waals surface area contributed by atoms with Gasteiger partial charge in [-0.15, -0.1) is 0 Å². The second-order valence-corrected chi connectivity index (χ2v) is 3.48. The first-order valence-electron chi connectivity index (χ1n) is 5.03. The van der Waals surface area contributed by atoms with E-state index in [0.717, 1.165) is 0 Å². The summed E-state index contributed by atoms with van der Waals surface area (Å²) >= 11 is 0. The van der Waals surface area contributed by atoms with Crippen molar-refractivity contribution >= 4 is 5.91 Å². The molecule has 0 heterocycles. The van der Waals surface area contributed by atoms with Crippen molar-refractivity contribution in [3.8, 4) is 5.75 Å². The molecule has 0 aromatic heterocycles. The van der Waals surface area contributed by atoms with Crippen LogP contribution in [0, 0.1) is 5.82 Å². The fraction of sp³-hybridized carbons (Fsp3) is 0.364. The maximum Gasteiger partial charge on any atom is 0.245 e. The van der Waals surface area contributed by atoms with E-state index in [1.807, 2.05) is 0 Å². The first-order chi connectivity index (χ1) is 8.04. The van der Waals surface area contributed by atoms with Crippen molar-refractivity contribution in [3.05, 3.63) is 29.6 Å². The van der Waals surface area contributed by atoms with Crippen LogP contribution in [-0.4, -0.2) is 19.6 Å². The summed E-state index contributed by atoms with van der Waals surface area (Å²) in [7, 11) is 1.46. The Morgan fingerprint density at radius 1 is 1.59 bits per heavy atom. The molecule has 94 valence electrons. The van der Waals surface area contributed by atoms with Crippen LogP contribution in [0.1, 0.15) is 18.5 Å². The molecule has 1 unspecified atom stereocenters. The molecule has 0 aliphatic heterocycles. The van der Waals surface area contributed by atoms with Gasteiger partial charge in [0, 0.05) is 11.6 Å². The molecule has 0 fully saturated rings. The second-order valence-electron chi connectivity index (χ2n) is 3.48. The van der Waals surface area contributed by atoms with E-state index in [9.17, 15) is 9.18 Å². The maximum absolute atomic E-state index is 13.6. The molecular weight excluding hydrogens is 227 g/mol. The molecule has 1 aromatic rings. The largest absolute Gasteiger partial charge is 0.497 e. The Morgan fingerprint density at radius 2 is 2.29 bits per heavy atom. The summed E-state index contributed by atoms with van der Waals surface area (Å²) < 4.78 is 18.5. The highest BCUT2D eigenvalue weighted by atomic mass is 19.1. The molecule has 0 radical (unpaired) electrons. The number of hydroxylamine groups is 1. The summed E-state index contributed by atoms with van der Waals surface area (Å²) in [6, 6.07) is 4.10. The molecule has 1 aromatic carbocycles. The van der Waals surface area contributed by atoms with Crippen LogP contribution in [0.5, 0.6) is 5.75 Å². The van der Waals surface area contributed by atoms with E-state index in [1.165, 1.54) is 13.2 Å². The summed E-state index contributed by atoms with van der Waals surface area (Å²) in [5, 5.41) is 0. The highest BCUT2D eigenvalue weighted by molar-refractivity contribution is 5.74. The van der Waals surface area contributed by atoms with E-state index < -0.39 is 17.8 Å². The lowest BCUT2D eigenvalue weighted by Gasteiger charge is -2.14. The van der Waals surface area contributed by atoms with Gasteiger partial charge in [-0.25, -0.2) is 4.39 Å². The van der Waals surface area contributed by atoms with Gasteiger partial charge in [-0.3, -0.25) is 9.63 Å². The zero-order valence-corrected chi connectivity index (χ0v) is 9.70. The number of benzene rings is 1. The summed E-state index contributed by atoms with van der Waals surface area (Å²) in [5.41, 5.74) is 7.83. The van der Waals surface area contributed by atoms with Gasteiger partial charge in [0.25, 0.3) is 0 Å². The van der Waals surface area contributed by atoms with E-state index >= 15 is 0 Å². The van der Waals surface area contributed by atoms with Crippen LogP contribution >= 0.6 is 0 Å².